The molecule has 0 atom stereocenters. The Hall–Kier alpha value is -1.44. The number of halogens is 1. The van der Waals surface area contributed by atoms with Gasteiger partial charge in [0.05, 0.1) is 28.7 Å². The second kappa shape index (κ2) is 5.94. The molecular formula is C10H14ClN3O4. The average molecular weight is 276 g/mol. The van der Waals surface area contributed by atoms with Crippen LogP contribution in [-0.4, -0.2) is 38.9 Å². The average Bonchev–Trinajstić information content (AvgIpc) is 2.37. The molecule has 0 unspecified atom stereocenters. The minimum Gasteiger partial charge on any atom is -0.394 e. The van der Waals surface area contributed by atoms with Crippen molar-refractivity contribution in [1.29, 1.82) is 0 Å². The summed E-state index contributed by atoms with van der Waals surface area (Å²) in [6.45, 7) is 0.990. The fourth-order valence-electron chi connectivity index (χ4n) is 1.36. The van der Waals surface area contributed by atoms with E-state index in [0.29, 0.717) is 6.42 Å². The van der Waals surface area contributed by atoms with Gasteiger partial charge in [0, 0.05) is 12.3 Å². The predicted octanol–water partition coefficient (Wildman–Crippen LogP) is 1.19. The van der Waals surface area contributed by atoms with Gasteiger partial charge in [-0.2, -0.15) is 0 Å². The number of nitro groups is 1. The molecule has 0 aromatic carbocycles. The van der Waals surface area contributed by atoms with Crippen LogP contribution in [0, 0.1) is 10.1 Å². The molecule has 8 heteroatoms. The molecule has 3 N–H and O–H groups in total. The smallest absolute Gasteiger partial charge is 0.312 e. The third kappa shape index (κ3) is 3.06. The van der Waals surface area contributed by atoms with Gasteiger partial charge in [0.15, 0.2) is 0 Å². The van der Waals surface area contributed by atoms with Gasteiger partial charge in [-0.05, 0) is 6.42 Å². The van der Waals surface area contributed by atoms with E-state index in [1.54, 1.807) is 6.92 Å². The standard InChI is InChI=1S/C10H14ClN3O4/c1-2-10(5-15,6-16)13-9-8(14(17)18)3-7(11)4-12-9/h3-4,15-16H,2,5-6H2,1H3,(H,12,13). The molecule has 1 aromatic heterocycles. The first kappa shape index (κ1) is 14.6. The molecular weight excluding hydrogens is 262 g/mol. The summed E-state index contributed by atoms with van der Waals surface area (Å²) in [5.74, 6) is -0.0330. The summed E-state index contributed by atoms with van der Waals surface area (Å²) in [5, 5.41) is 32.3. The molecule has 0 aliphatic rings. The van der Waals surface area contributed by atoms with Gasteiger partial charge in [-0.3, -0.25) is 10.1 Å². The van der Waals surface area contributed by atoms with Crippen molar-refractivity contribution in [3.63, 3.8) is 0 Å². The van der Waals surface area contributed by atoms with Crippen molar-refractivity contribution >= 4 is 23.1 Å². The maximum absolute atomic E-state index is 10.9. The third-order valence-corrected chi connectivity index (χ3v) is 2.90. The van der Waals surface area contributed by atoms with Gasteiger partial charge >= 0.3 is 5.69 Å². The second-order valence-corrected chi connectivity index (χ2v) is 4.29. The van der Waals surface area contributed by atoms with Crippen LogP contribution in [0.5, 0.6) is 0 Å². The highest BCUT2D eigenvalue weighted by Gasteiger charge is 2.30. The summed E-state index contributed by atoms with van der Waals surface area (Å²) in [6, 6.07) is 1.16. The zero-order valence-corrected chi connectivity index (χ0v) is 10.5. The van der Waals surface area contributed by atoms with Crippen LogP contribution in [0.15, 0.2) is 12.3 Å². The Bertz CT molecular complexity index is 429. The Morgan fingerprint density at radius 2 is 2.17 bits per heavy atom. The minimum atomic E-state index is -1.05. The lowest BCUT2D eigenvalue weighted by Crippen LogP contribution is -2.45. The largest absolute Gasteiger partial charge is 0.394 e. The van der Waals surface area contributed by atoms with Crippen LogP contribution in [0.2, 0.25) is 5.02 Å². The molecule has 1 rings (SSSR count). The lowest BCUT2D eigenvalue weighted by molar-refractivity contribution is -0.384. The molecule has 0 spiro atoms. The molecule has 0 saturated carbocycles. The molecule has 1 heterocycles. The lowest BCUT2D eigenvalue weighted by Gasteiger charge is -2.29. The Kier molecular flexibility index (Phi) is 4.83. The predicted molar refractivity (Wildman–Crippen MR) is 66.7 cm³/mol. The highest BCUT2D eigenvalue weighted by Crippen LogP contribution is 2.28. The van der Waals surface area contributed by atoms with E-state index in [1.165, 1.54) is 6.20 Å². The zero-order chi connectivity index (χ0) is 13.8. The molecule has 0 bridgehead atoms. The third-order valence-electron chi connectivity index (χ3n) is 2.70. The number of nitrogens with zero attached hydrogens (tertiary/aromatic N) is 2. The first-order valence-corrected chi connectivity index (χ1v) is 5.65. The van der Waals surface area contributed by atoms with Crippen LogP contribution < -0.4 is 5.32 Å². The number of rotatable bonds is 6. The minimum absolute atomic E-state index is 0.0330. The Balaban J connectivity index is 3.13. The van der Waals surface area contributed by atoms with Crippen molar-refractivity contribution < 1.29 is 15.1 Å². The number of aliphatic hydroxyl groups is 2. The molecule has 1 aromatic rings. The highest BCUT2D eigenvalue weighted by atomic mass is 35.5. The molecule has 0 amide bonds. The van der Waals surface area contributed by atoms with E-state index in [2.05, 4.69) is 10.3 Å². The summed E-state index contributed by atoms with van der Waals surface area (Å²) in [6.07, 6.45) is 1.63. The summed E-state index contributed by atoms with van der Waals surface area (Å²) < 4.78 is 0. The number of hydrogen-bond donors (Lipinski definition) is 3. The van der Waals surface area contributed by atoms with Crippen molar-refractivity contribution in [1.82, 2.24) is 4.98 Å². The van der Waals surface area contributed by atoms with Crippen LogP contribution in [0.4, 0.5) is 11.5 Å². The summed E-state index contributed by atoms with van der Waals surface area (Å²) in [5.41, 5.74) is -1.35. The fraction of sp³-hybridized carbons (Fsp3) is 0.500. The lowest BCUT2D eigenvalue weighted by atomic mass is 9.98. The summed E-state index contributed by atoms with van der Waals surface area (Å²) >= 11 is 5.64. The Morgan fingerprint density at radius 3 is 2.61 bits per heavy atom. The van der Waals surface area contributed by atoms with E-state index in [9.17, 15) is 20.3 Å². The van der Waals surface area contributed by atoms with Gasteiger partial charge in [0.2, 0.25) is 5.82 Å². The van der Waals surface area contributed by atoms with E-state index in [0.717, 1.165) is 6.07 Å². The molecule has 0 saturated heterocycles. The Labute approximate surface area is 109 Å². The van der Waals surface area contributed by atoms with E-state index in [-0.39, 0.29) is 29.7 Å². The van der Waals surface area contributed by atoms with Gasteiger partial charge in [-0.1, -0.05) is 18.5 Å². The molecule has 100 valence electrons. The normalized spacial score (nSPS) is 11.3. The highest BCUT2D eigenvalue weighted by molar-refractivity contribution is 6.30. The number of pyridine rings is 1. The second-order valence-electron chi connectivity index (χ2n) is 3.85. The maximum Gasteiger partial charge on any atom is 0.312 e. The quantitative estimate of drug-likeness (QED) is 0.531. The number of anilines is 1. The van der Waals surface area contributed by atoms with E-state index in [4.69, 9.17) is 11.6 Å². The summed E-state index contributed by atoms with van der Waals surface area (Å²) in [4.78, 5) is 14.1. The molecule has 7 nitrogen and oxygen atoms in total. The molecule has 0 radical (unpaired) electrons. The van der Waals surface area contributed by atoms with E-state index in [1.807, 2.05) is 0 Å². The Morgan fingerprint density at radius 1 is 1.56 bits per heavy atom. The number of hydrogen-bond acceptors (Lipinski definition) is 6. The first-order valence-electron chi connectivity index (χ1n) is 5.28. The van der Waals surface area contributed by atoms with Crippen LogP contribution in [-0.2, 0) is 0 Å². The number of nitrogens with one attached hydrogen (secondary N) is 1. The topological polar surface area (TPSA) is 109 Å². The van der Waals surface area contributed by atoms with Crippen molar-refractivity contribution in [2.45, 2.75) is 18.9 Å². The SMILES string of the molecule is CCC(CO)(CO)Nc1ncc(Cl)cc1[N+](=O)[O-]. The fourth-order valence-corrected chi connectivity index (χ4v) is 1.51. The van der Waals surface area contributed by atoms with Gasteiger partial charge in [0.1, 0.15) is 0 Å². The maximum atomic E-state index is 10.9. The first-order chi connectivity index (χ1) is 8.48. The van der Waals surface area contributed by atoms with Gasteiger partial charge in [-0.15, -0.1) is 0 Å². The molecule has 0 aliphatic carbocycles. The van der Waals surface area contributed by atoms with Crippen LogP contribution in [0.3, 0.4) is 0 Å². The van der Waals surface area contributed by atoms with Crippen molar-refractivity contribution in [2.75, 3.05) is 18.5 Å². The van der Waals surface area contributed by atoms with E-state index >= 15 is 0 Å². The van der Waals surface area contributed by atoms with Crippen molar-refractivity contribution in [3.8, 4) is 0 Å². The van der Waals surface area contributed by atoms with Crippen LogP contribution in [0.25, 0.3) is 0 Å². The monoisotopic (exact) mass is 275 g/mol. The molecule has 0 aliphatic heterocycles. The van der Waals surface area contributed by atoms with Gasteiger partial charge in [-0.25, -0.2) is 4.98 Å². The number of aromatic nitrogens is 1. The summed E-state index contributed by atoms with van der Waals surface area (Å²) in [7, 11) is 0. The van der Waals surface area contributed by atoms with Crippen LogP contribution >= 0.6 is 11.6 Å². The van der Waals surface area contributed by atoms with Crippen molar-refractivity contribution in [2.24, 2.45) is 0 Å². The van der Waals surface area contributed by atoms with Crippen LogP contribution in [0.1, 0.15) is 13.3 Å². The number of aliphatic hydroxyl groups excluding tert-OH is 2. The van der Waals surface area contributed by atoms with Gasteiger partial charge < -0.3 is 15.5 Å². The molecule has 0 fully saturated rings. The zero-order valence-electron chi connectivity index (χ0n) is 9.76. The molecule has 18 heavy (non-hydrogen) atoms. The van der Waals surface area contributed by atoms with Crippen molar-refractivity contribution in [3.05, 3.63) is 27.4 Å². The van der Waals surface area contributed by atoms with Gasteiger partial charge in [0.25, 0.3) is 0 Å². The van der Waals surface area contributed by atoms with E-state index < -0.39 is 10.5 Å².